The number of nitrogens with zero attached hydrogens (tertiary/aromatic N) is 4. The maximum absolute atomic E-state index is 2.44. The second-order valence-corrected chi connectivity index (χ2v) is 15.6. The van der Waals surface area contributed by atoms with E-state index in [9.17, 15) is 0 Å². The van der Waals surface area contributed by atoms with Crippen molar-refractivity contribution in [1.82, 2.24) is 9.13 Å². The highest BCUT2D eigenvalue weighted by molar-refractivity contribution is 6.19. The Bertz CT molecular complexity index is 2990. The van der Waals surface area contributed by atoms with Gasteiger partial charge in [-0.15, -0.1) is 0 Å². The van der Waals surface area contributed by atoms with E-state index in [4.69, 9.17) is 0 Å². The average Bonchev–Trinajstić information content (AvgIpc) is 3.78. The zero-order chi connectivity index (χ0) is 40.2. The SMILES string of the molecule is Cc1ccc2c(c1)c1cc3c4cc(C)ccc4n(-c4ccc(N(c5ccccc5)c5ccccc5)cc4)c3cc1n2-c1ccc(N(c2ccccc2)c2ccccc2)cc1. The summed E-state index contributed by atoms with van der Waals surface area (Å²) in [7, 11) is 0. The van der Waals surface area contributed by atoms with E-state index in [1.54, 1.807) is 0 Å². The molecule has 0 atom stereocenters. The Labute approximate surface area is 350 Å². The van der Waals surface area contributed by atoms with Crippen molar-refractivity contribution in [2.24, 2.45) is 0 Å². The molecule has 11 rings (SSSR count). The average molecular weight is 771 g/mol. The monoisotopic (exact) mass is 770 g/mol. The number of aryl methyl sites for hydroxylation is 2. The quantitative estimate of drug-likeness (QED) is 0.153. The van der Waals surface area contributed by atoms with Crippen molar-refractivity contribution in [3.05, 3.63) is 230 Å². The van der Waals surface area contributed by atoms with Crippen LogP contribution in [0.15, 0.2) is 218 Å². The normalized spacial score (nSPS) is 11.5. The molecule has 4 heteroatoms. The van der Waals surface area contributed by atoms with E-state index < -0.39 is 0 Å². The molecule has 0 N–H and O–H groups in total. The molecular formula is C56H42N4. The van der Waals surface area contributed by atoms with Crippen LogP contribution in [0.25, 0.3) is 55.0 Å². The van der Waals surface area contributed by atoms with Crippen LogP contribution in [0, 0.1) is 13.8 Å². The second kappa shape index (κ2) is 14.5. The van der Waals surface area contributed by atoms with Gasteiger partial charge in [-0.2, -0.15) is 0 Å². The van der Waals surface area contributed by atoms with Crippen LogP contribution in [0.1, 0.15) is 11.1 Å². The van der Waals surface area contributed by atoms with E-state index >= 15 is 0 Å². The number of aromatic nitrogens is 2. The minimum absolute atomic E-state index is 1.10. The highest BCUT2D eigenvalue weighted by Crippen LogP contribution is 2.42. The number of hydrogen-bond acceptors (Lipinski definition) is 2. The van der Waals surface area contributed by atoms with Gasteiger partial charge in [0.1, 0.15) is 0 Å². The molecule has 0 unspecified atom stereocenters. The van der Waals surface area contributed by atoms with Gasteiger partial charge in [0.2, 0.25) is 0 Å². The molecule has 0 saturated heterocycles. The van der Waals surface area contributed by atoms with Gasteiger partial charge in [-0.3, -0.25) is 0 Å². The molecule has 0 aliphatic rings. The van der Waals surface area contributed by atoms with Crippen molar-refractivity contribution in [3.63, 3.8) is 0 Å². The Morgan fingerprint density at radius 3 is 0.900 bits per heavy atom. The number of rotatable bonds is 8. The van der Waals surface area contributed by atoms with E-state index in [-0.39, 0.29) is 0 Å². The molecule has 0 fully saturated rings. The third-order valence-electron chi connectivity index (χ3n) is 11.8. The van der Waals surface area contributed by atoms with Gasteiger partial charge in [-0.25, -0.2) is 0 Å². The van der Waals surface area contributed by atoms with Gasteiger partial charge >= 0.3 is 0 Å². The summed E-state index contributed by atoms with van der Waals surface area (Å²) >= 11 is 0. The standard InChI is InChI=1S/C56H42N4/c1-39-23-33-53-49(35-39)51-37-52-50-36-40(2)24-34-54(50)60(48-31-27-46(28-32-48)58(43-19-11-5-12-20-43)44-21-13-6-14-22-44)56(52)38-55(51)59(53)47-29-25-45(26-30-47)57(41-15-7-3-8-16-41)42-17-9-4-10-18-42/h3-38H,1-2H3. The number of hydrogen-bond donors (Lipinski definition) is 0. The summed E-state index contributed by atoms with van der Waals surface area (Å²) in [5.74, 6) is 0. The fraction of sp³-hybridized carbons (Fsp3) is 0.0357. The van der Waals surface area contributed by atoms with Crippen LogP contribution in [0.4, 0.5) is 34.1 Å². The second-order valence-electron chi connectivity index (χ2n) is 15.6. The van der Waals surface area contributed by atoms with Crippen LogP contribution in [0.2, 0.25) is 0 Å². The Balaban J connectivity index is 1.09. The first-order valence-electron chi connectivity index (χ1n) is 20.6. The molecule has 286 valence electrons. The molecule has 60 heavy (non-hydrogen) atoms. The summed E-state index contributed by atoms with van der Waals surface area (Å²) in [5.41, 5.74) is 16.2. The first kappa shape index (κ1) is 35.4. The molecule has 0 spiro atoms. The highest BCUT2D eigenvalue weighted by Gasteiger charge is 2.20. The van der Waals surface area contributed by atoms with Gasteiger partial charge in [-0.05, 0) is 147 Å². The van der Waals surface area contributed by atoms with E-state index in [1.165, 1.54) is 54.7 Å². The van der Waals surface area contributed by atoms with Crippen molar-refractivity contribution in [2.75, 3.05) is 9.80 Å². The van der Waals surface area contributed by atoms with Gasteiger partial charge in [0, 0.05) is 67.0 Å². The molecule has 2 aromatic heterocycles. The van der Waals surface area contributed by atoms with Crippen LogP contribution in [0.5, 0.6) is 0 Å². The third-order valence-corrected chi connectivity index (χ3v) is 11.8. The van der Waals surface area contributed by atoms with Crippen molar-refractivity contribution in [1.29, 1.82) is 0 Å². The molecule has 2 heterocycles. The topological polar surface area (TPSA) is 16.3 Å². The predicted molar refractivity (Wildman–Crippen MR) is 254 cm³/mol. The van der Waals surface area contributed by atoms with Crippen molar-refractivity contribution >= 4 is 77.7 Å². The van der Waals surface area contributed by atoms with Gasteiger partial charge < -0.3 is 18.9 Å². The summed E-state index contributed by atoms with van der Waals surface area (Å²) in [6.07, 6.45) is 0. The minimum Gasteiger partial charge on any atom is -0.311 e. The molecule has 0 radical (unpaired) electrons. The first-order chi connectivity index (χ1) is 29.6. The summed E-state index contributed by atoms with van der Waals surface area (Å²) in [6, 6.07) is 79.0. The van der Waals surface area contributed by atoms with E-state index in [0.717, 1.165) is 45.5 Å². The fourth-order valence-electron chi connectivity index (χ4n) is 9.02. The third kappa shape index (κ3) is 6.00. The van der Waals surface area contributed by atoms with Crippen LogP contribution in [0.3, 0.4) is 0 Å². The molecule has 4 nitrogen and oxygen atoms in total. The Morgan fingerprint density at radius 2 is 0.567 bits per heavy atom. The fourth-order valence-corrected chi connectivity index (χ4v) is 9.02. The highest BCUT2D eigenvalue weighted by atomic mass is 15.1. The Hall–Kier alpha value is -7.82. The molecule has 11 aromatic rings. The van der Waals surface area contributed by atoms with E-state index in [0.29, 0.717) is 0 Å². The maximum Gasteiger partial charge on any atom is 0.0562 e. The lowest BCUT2D eigenvalue weighted by Crippen LogP contribution is -2.09. The van der Waals surface area contributed by atoms with Crippen LogP contribution < -0.4 is 9.80 Å². The molecule has 0 saturated carbocycles. The number of para-hydroxylation sites is 4. The summed E-state index contributed by atoms with van der Waals surface area (Å²) in [5, 5.41) is 5.01. The smallest absolute Gasteiger partial charge is 0.0562 e. The van der Waals surface area contributed by atoms with E-state index in [2.05, 4.69) is 251 Å². The molecule has 0 bridgehead atoms. The van der Waals surface area contributed by atoms with Gasteiger partial charge in [-0.1, -0.05) is 96.1 Å². The molecular weight excluding hydrogens is 729 g/mol. The van der Waals surface area contributed by atoms with Crippen LogP contribution >= 0.6 is 0 Å². The summed E-state index contributed by atoms with van der Waals surface area (Å²) in [6.45, 7) is 4.38. The number of anilines is 6. The van der Waals surface area contributed by atoms with Crippen LogP contribution in [-0.4, -0.2) is 9.13 Å². The van der Waals surface area contributed by atoms with Crippen molar-refractivity contribution in [2.45, 2.75) is 13.8 Å². The lowest BCUT2D eigenvalue weighted by atomic mass is 10.1. The largest absolute Gasteiger partial charge is 0.311 e. The number of fused-ring (bicyclic) bond motifs is 6. The summed E-state index contributed by atoms with van der Waals surface area (Å²) < 4.78 is 4.88. The molecule has 0 aliphatic carbocycles. The van der Waals surface area contributed by atoms with Crippen molar-refractivity contribution in [3.8, 4) is 11.4 Å². The lowest BCUT2D eigenvalue weighted by molar-refractivity contribution is 1.16. The predicted octanol–water partition coefficient (Wildman–Crippen LogP) is 15.4. The zero-order valence-electron chi connectivity index (χ0n) is 33.6. The van der Waals surface area contributed by atoms with Crippen molar-refractivity contribution < 1.29 is 0 Å². The van der Waals surface area contributed by atoms with Crippen LogP contribution in [-0.2, 0) is 0 Å². The van der Waals surface area contributed by atoms with Gasteiger partial charge in [0.15, 0.2) is 0 Å². The minimum atomic E-state index is 1.10. The maximum atomic E-state index is 2.44. The molecule has 9 aromatic carbocycles. The first-order valence-corrected chi connectivity index (χ1v) is 20.6. The lowest BCUT2D eigenvalue weighted by Gasteiger charge is -2.25. The zero-order valence-corrected chi connectivity index (χ0v) is 33.6. The summed E-state index contributed by atoms with van der Waals surface area (Å²) in [4.78, 5) is 4.63. The Kier molecular flexibility index (Phi) is 8.56. The van der Waals surface area contributed by atoms with Gasteiger partial charge in [0.05, 0.1) is 22.1 Å². The van der Waals surface area contributed by atoms with E-state index in [1.807, 2.05) is 0 Å². The Morgan fingerprint density at radius 1 is 0.267 bits per heavy atom. The van der Waals surface area contributed by atoms with Gasteiger partial charge in [0.25, 0.3) is 0 Å². The number of benzene rings is 9. The molecule has 0 amide bonds. The molecule has 0 aliphatic heterocycles.